The van der Waals surface area contributed by atoms with Crippen LogP contribution in [0.15, 0.2) is 24.3 Å². The van der Waals surface area contributed by atoms with Crippen LogP contribution in [-0.2, 0) is 6.42 Å². The predicted molar refractivity (Wildman–Crippen MR) is 94.0 cm³/mol. The quantitative estimate of drug-likeness (QED) is 0.534. The van der Waals surface area contributed by atoms with Gasteiger partial charge in [0.2, 0.25) is 0 Å². The first-order valence-electron chi connectivity index (χ1n) is 7.10. The van der Waals surface area contributed by atoms with Gasteiger partial charge in [-0.25, -0.2) is 8.78 Å². The lowest BCUT2D eigenvalue weighted by molar-refractivity contribution is 0.573. The molecule has 3 aromatic rings. The van der Waals surface area contributed by atoms with Gasteiger partial charge in [-0.1, -0.05) is 31.1 Å². The average molecular weight is 342 g/mol. The topological polar surface area (TPSA) is 0 Å². The Morgan fingerprint density at radius 2 is 1.57 bits per heavy atom. The highest BCUT2D eigenvalue weighted by Crippen LogP contribution is 2.32. The second-order valence-corrected chi connectivity index (χ2v) is 7.20. The molecule has 0 N–H and O–H groups in total. The van der Waals surface area contributed by atoms with Crippen molar-refractivity contribution in [3.63, 3.8) is 0 Å². The van der Waals surface area contributed by atoms with E-state index < -0.39 is 11.6 Å². The Labute approximate surface area is 141 Å². The van der Waals surface area contributed by atoms with Gasteiger partial charge < -0.3 is 0 Å². The molecule has 0 spiro atoms. The summed E-state index contributed by atoms with van der Waals surface area (Å²) in [7, 11) is 0. The number of thiophene rings is 2. The molecule has 0 radical (unpaired) electrons. The molecule has 23 heavy (non-hydrogen) atoms. The van der Waals surface area contributed by atoms with E-state index in [0.29, 0.717) is 12.0 Å². The molecule has 0 nitrogen and oxygen atoms in total. The molecule has 0 atom stereocenters. The molecule has 0 aliphatic heterocycles. The van der Waals surface area contributed by atoms with Gasteiger partial charge in [0.1, 0.15) is 11.6 Å². The Morgan fingerprint density at radius 1 is 0.957 bits per heavy atom. The Kier molecular flexibility index (Phi) is 4.48. The summed E-state index contributed by atoms with van der Waals surface area (Å²) in [5, 5.41) is 0. The van der Waals surface area contributed by atoms with E-state index in [1.807, 2.05) is 19.1 Å². The Bertz CT molecular complexity index is 920. The second kappa shape index (κ2) is 6.54. The minimum Gasteiger partial charge on any atom is -0.206 e. The maximum absolute atomic E-state index is 14.0. The normalized spacial score (nSPS) is 10.3. The molecule has 0 aliphatic carbocycles. The lowest BCUT2D eigenvalue weighted by Gasteiger charge is -2.02. The van der Waals surface area contributed by atoms with Crippen molar-refractivity contribution in [3.05, 3.63) is 56.8 Å². The molecule has 0 saturated carbocycles. The predicted octanol–water partition coefficient (Wildman–Crippen LogP) is 5.57. The van der Waals surface area contributed by atoms with Crippen LogP contribution >= 0.6 is 22.7 Å². The summed E-state index contributed by atoms with van der Waals surface area (Å²) in [4.78, 5) is 1.64. The van der Waals surface area contributed by atoms with Gasteiger partial charge in [-0.05, 0) is 36.2 Å². The molecule has 0 fully saturated rings. The molecular weight excluding hydrogens is 330 g/mol. The molecule has 1 aromatic carbocycles. The van der Waals surface area contributed by atoms with Crippen molar-refractivity contribution in [2.75, 3.05) is 0 Å². The first kappa shape index (κ1) is 15.7. The first-order chi connectivity index (χ1) is 11.1. The van der Waals surface area contributed by atoms with E-state index in [4.69, 9.17) is 6.42 Å². The van der Waals surface area contributed by atoms with Crippen molar-refractivity contribution < 1.29 is 8.78 Å². The van der Waals surface area contributed by atoms with E-state index in [1.165, 1.54) is 34.8 Å². The summed E-state index contributed by atoms with van der Waals surface area (Å²) in [5.74, 6) is 6.87. The minimum absolute atomic E-state index is 0.175. The SMILES string of the molecule is C#Cc1cc2sc(C#Cc3c(F)cc(CCC)cc3F)cc2s1. The fourth-order valence-corrected chi connectivity index (χ4v) is 4.33. The molecule has 0 aliphatic rings. The van der Waals surface area contributed by atoms with Crippen LogP contribution in [0.1, 0.15) is 34.2 Å². The Hall–Kier alpha value is -2.14. The maximum atomic E-state index is 14.0. The Balaban J connectivity index is 1.93. The number of aryl methyl sites for hydroxylation is 1. The first-order valence-corrected chi connectivity index (χ1v) is 8.74. The van der Waals surface area contributed by atoms with Gasteiger partial charge in [-0.3, -0.25) is 0 Å². The summed E-state index contributed by atoms with van der Waals surface area (Å²) < 4.78 is 30.1. The average Bonchev–Trinajstić information content (AvgIpc) is 3.04. The van der Waals surface area contributed by atoms with Crippen molar-refractivity contribution in [2.24, 2.45) is 0 Å². The molecule has 0 amide bonds. The molecule has 114 valence electrons. The van der Waals surface area contributed by atoms with Crippen LogP contribution in [0, 0.1) is 35.8 Å². The van der Waals surface area contributed by atoms with Gasteiger partial charge in [0.25, 0.3) is 0 Å². The molecular formula is C19H12F2S2. The monoisotopic (exact) mass is 342 g/mol. The third-order valence-corrected chi connectivity index (χ3v) is 5.44. The lowest BCUT2D eigenvalue weighted by atomic mass is 10.1. The highest BCUT2D eigenvalue weighted by molar-refractivity contribution is 7.28. The van der Waals surface area contributed by atoms with Crippen LogP contribution in [0.3, 0.4) is 0 Å². The largest absolute Gasteiger partial charge is 0.206 e. The van der Waals surface area contributed by atoms with Crippen LogP contribution in [0.25, 0.3) is 9.40 Å². The number of halogens is 2. The van der Waals surface area contributed by atoms with Crippen molar-refractivity contribution in [3.8, 4) is 24.2 Å². The molecule has 2 aromatic heterocycles. The summed E-state index contributed by atoms with van der Waals surface area (Å²) in [6.45, 7) is 1.97. The van der Waals surface area contributed by atoms with Gasteiger partial charge in [-0.2, -0.15) is 0 Å². The number of hydrogen-bond donors (Lipinski definition) is 0. The van der Waals surface area contributed by atoms with E-state index in [9.17, 15) is 8.78 Å². The van der Waals surface area contributed by atoms with E-state index in [1.54, 1.807) is 0 Å². The summed E-state index contributed by atoms with van der Waals surface area (Å²) in [6, 6.07) is 6.56. The zero-order valence-electron chi connectivity index (χ0n) is 12.4. The number of terminal acetylenes is 1. The smallest absolute Gasteiger partial charge is 0.142 e. The third kappa shape index (κ3) is 3.29. The Morgan fingerprint density at radius 3 is 2.17 bits per heavy atom. The molecule has 4 heteroatoms. The van der Waals surface area contributed by atoms with Crippen molar-refractivity contribution in [2.45, 2.75) is 19.8 Å². The maximum Gasteiger partial charge on any atom is 0.142 e. The molecule has 3 rings (SSSR count). The summed E-state index contributed by atoms with van der Waals surface area (Å²) >= 11 is 2.98. The highest BCUT2D eigenvalue weighted by Gasteiger charge is 2.09. The van der Waals surface area contributed by atoms with Gasteiger partial charge >= 0.3 is 0 Å². The number of hydrogen-bond acceptors (Lipinski definition) is 2. The molecule has 2 heterocycles. The van der Waals surface area contributed by atoms with E-state index in [-0.39, 0.29) is 5.56 Å². The van der Waals surface area contributed by atoms with Crippen LogP contribution in [-0.4, -0.2) is 0 Å². The summed E-state index contributed by atoms with van der Waals surface area (Å²) in [5.41, 5.74) is 0.484. The van der Waals surface area contributed by atoms with Crippen LogP contribution in [0.4, 0.5) is 8.78 Å². The number of fused-ring (bicyclic) bond motifs is 1. The van der Waals surface area contributed by atoms with E-state index in [0.717, 1.165) is 25.6 Å². The summed E-state index contributed by atoms with van der Waals surface area (Å²) in [6.07, 6.45) is 6.86. The van der Waals surface area contributed by atoms with Crippen LogP contribution in [0.5, 0.6) is 0 Å². The standard InChI is InChI=1S/C19H12F2S2/c1-3-5-12-8-16(20)15(17(21)9-12)7-6-14-11-19-18(23-14)10-13(4-2)22-19/h2,8-11H,3,5H2,1H3. The second-order valence-electron chi connectivity index (χ2n) is 5.03. The number of benzene rings is 1. The fourth-order valence-electron chi connectivity index (χ4n) is 2.27. The molecule has 0 unspecified atom stereocenters. The van der Waals surface area contributed by atoms with Gasteiger partial charge in [-0.15, -0.1) is 29.1 Å². The number of rotatable bonds is 2. The van der Waals surface area contributed by atoms with Crippen molar-refractivity contribution in [1.82, 2.24) is 0 Å². The minimum atomic E-state index is -0.603. The molecule has 0 saturated heterocycles. The van der Waals surface area contributed by atoms with Gasteiger partial charge in [0.05, 0.1) is 15.3 Å². The lowest BCUT2D eigenvalue weighted by Crippen LogP contribution is -1.94. The van der Waals surface area contributed by atoms with Gasteiger partial charge in [0, 0.05) is 9.40 Å². The fraction of sp³-hybridized carbons (Fsp3) is 0.158. The zero-order valence-corrected chi connectivity index (χ0v) is 14.0. The van der Waals surface area contributed by atoms with Crippen LogP contribution in [0.2, 0.25) is 0 Å². The molecule has 0 bridgehead atoms. The van der Waals surface area contributed by atoms with E-state index in [2.05, 4.69) is 17.8 Å². The van der Waals surface area contributed by atoms with Crippen LogP contribution < -0.4 is 0 Å². The van der Waals surface area contributed by atoms with Gasteiger partial charge in [0.15, 0.2) is 0 Å². The van der Waals surface area contributed by atoms with Crippen molar-refractivity contribution >= 4 is 32.1 Å². The highest BCUT2D eigenvalue weighted by atomic mass is 32.1. The third-order valence-electron chi connectivity index (χ3n) is 3.30. The van der Waals surface area contributed by atoms with E-state index >= 15 is 0 Å². The zero-order chi connectivity index (χ0) is 16.4. The van der Waals surface area contributed by atoms with Crippen molar-refractivity contribution in [1.29, 1.82) is 0 Å².